The van der Waals surface area contributed by atoms with Crippen molar-refractivity contribution in [2.24, 2.45) is 0 Å². The zero-order valence-corrected chi connectivity index (χ0v) is 15.4. The van der Waals surface area contributed by atoms with Gasteiger partial charge in [0.2, 0.25) is 0 Å². The number of anilines is 2. The Hall–Kier alpha value is -2.83. The highest BCUT2D eigenvalue weighted by Gasteiger charge is 2.30. The molecule has 7 heteroatoms. The van der Waals surface area contributed by atoms with Crippen molar-refractivity contribution in [3.8, 4) is 0 Å². The number of nitrogens with zero attached hydrogens (tertiary/aromatic N) is 2. The molecule has 0 unspecified atom stereocenters. The van der Waals surface area contributed by atoms with Gasteiger partial charge in [0.25, 0.3) is 0 Å². The molecule has 1 saturated carbocycles. The van der Waals surface area contributed by atoms with Crippen LogP contribution in [0.25, 0.3) is 6.08 Å². The molecule has 4 rings (SSSR count). The van der Waals surface area contributed by atoms with Gasteiger partial charge in [-0.1, -0.05) is 6.08 Å². The number of aromatic nitrogens is 3. The van der Waals surface area contributed by atoms with Crippen molar-refractivity contribution < 1.29 is 9.53 Å². The van der Waals surface area contributed by atoms with Gasteiger partial charge in [-0.2, -0.15) is 5.10 Å². The number of allylic oxidation sites excluding steroid dienone is 1. The van der Waals surface area contributed by atoms with Crippen LogP contribution in [-0.2, 0) is 4.74 Å². The standard InChI is InChI=1S/C20H25N5O2/c1-13-4-2-3-5-15-11-16(8-9-21-15)23-19-12-18(24-25-19)14-6-7-17(10-14)27-20(26)22-13/h3,5,8-9,11-14,17H,2,4,6-7,10H2,1H3,(H,22,26)(H2,23,24,25)/b5-3+/t13-,14+,17-/m1/s1. The topological polar surface area (TPSA) is 91.9 Å². The molecule has 1 aliphatic carbocycles. The van der Waals surface area contributed by atoms with E-state index in [1.807, 2.05) is 31.2 Å². The maximum absolute atomic E-state index is 12.1. The van der Waals surface area contributed by atoms with Crippen LogP contribution in [0.2, 0.25) is 0 Å². The molecule has 142 valence electrons. The van der Waals surface area contributed by atoms with Gasteiger partial charge in [0.15, 0.2) is 5.82 Å². The van der Waals surface area contributed by atoms with E-state index in [0.29, 0.717) is 5.92 Å². The summed E-state index contributed by atoms with van der Waals surface area (Å²) in [6.07, 6.45) is 9.90. The number of amides is 1. The van der Waals surface area contributed by atoms with Gasteiger partial charge in [-0.25, -0.2) is 4.79 Å². The van der Waals surface area contributed by atoms with Gasteiger partial charge in [0.1, 0.15) is 6.10 Å². The summed E-state index contributed by atoms with van der Waals surface area (Å²) in [5.41, 5.74) is 2.92. The van der Waals surface area contributed by atoms with Gasteiger partial charge in [-0.05, 0) is 57.2 Å². The van der Waals surface area contributed by atoms with Crippen LogP contribution in [0.3, 0.4) is 0 Å². The number of rotatable bonds is 0. The zero-order valence-electron chi connectivity index (χ0n) is 15.4. The third-order valence-electron chi connectivity index (χ3n) is 5.17. The normalized spacial score (nSPS) is 26.9. The van der Waals surface area contributed by atoms with Crippen molar-refractivity contribution >= 4 is 23.7 Å². The van der Waals surface area contributed by atoms with Gasteiger partial charge < -0.3 is 15.4 Å². The van der Waals surface area contributed by atoms with Gasteiger partial charge in [-0.3, -0.25) is 10.1 Å². The Morgan fingerprint density at radius 2 is 2.15 bits per heavy atom. The molecular formula is C20H25N5O2. The minimum atomic E-state index is -0.320. The van der Waals surface area contributed by atoms with Crippen molar-refractivity contribution in [1.82, 2.24) is 20.5 Å². The average Bonchev–Trinajstić information content (AvgIpc) is 3.28. The first-order valence-corrected chi connectivity index (χ1v) is 9.58. The van der Waals surface area contributed by atoms with Gasteiger partial charge >= 0.3 is 6.09 Å². The molecule has 1 aliphatic heterocycles. The van der Waals surface area contributed by atoms with Crippen LogP contribution < -0.4 is 10.6 Å². The maximum atomic E-state index is 12.1. The first kappa shape index (κ1) is 17.6. The van der Waals surface area contributed by atoms with E-state index < -0.39 is 0 Å². The molecule has 0 aromatic carbocycles. The predicted octanol–water partition coefficient (Wildman–Crippen LogP) is 4.11. The highest BCUT2D eigenvalue weighted by atomic mass is 16.6. The molecule has 2 aromatic heterocycles. The average molecular weight is 367 g/mol. The van der Waals surface area contributed by atoms with E-state index in [2.05, 4.69) is 31.9 Å². The third-order valence-corrected chi connectivity index (χ3v) is 5.17. The SMILES string of the molecule is C[C@@H]1CC/C=C/c2cc(ccn2)Nc2cc([nH]n2)[C@H]2CC[C@H](C2)OC(=O)N1. The number of nitrogens with one attached hydrogen (secondary N) is 3. The highest BCUT2D eigenvalue weighted by molar-refractivity contribution is 5.67. The second kappa shape index (κ2) is 7.82. The molecule has 6 bridgehead atoms. The Morgan fingerprint density at radius 1 is 1.22 bits per heavy atom. The van der Waals surface area contributed by atoms with Crippen LogP contribution in [-0.4, -0.2) is 33.4 Å². The summed E-state index contributed by atoms with van der Waals surface area (Å²) < 4.78 is 5.61. The predicted molar refractivity (Wildman–Crippen MR) is 104 cm³/mol. The lowest BCUT2D eigenvalue weighted by molar-refractivity contribution is 0.0973. The molecule has 0 spiro atoms. The van der Waals surface area contributed by atoms with Crippen molar-refractivity contribution in [3.05, 3.63) is 41.9 Å². The Morgan fingerprint density at radius 3 is 3.07 bits per heavy atom. The van der Waals surface area contributed by atoms with E-state index in [0.717, 1.165) is 55.0 Å². The first-order chi connectivity index (χ1) is 13.2. The molecular weight excluding hydrogens is 342 g/mol. The van der Waals surface area contributed by atoms with Crippen LogP contribution in [0.15, 0.2) is 30.5 Å². The van der Waals surface area contributed by atoms with Crippen molar-refractivity contribution in [2.75, 3.05) is 5.32 Å². The lowest BCUT2D eigenvalue weighted by atomic mass is 10.0. The summed E-state index contributed by atoms with van der Waals surface area (Å²) in [6, 6.07) is 6.03. The van der Waals surface area contributed by atoms with Crippen LogP contribution in [0, 0.1) is 0 Å². The number of alkyl carbamates (subject to hydrolysis) is 1. The fourth-order valence-electron chi connectivity index (χ4n) is 3.71. The van der Waals surface area contributed by atoms with Gasteiger partial charge in [-0.15, -0.1) is 0 Å². The van der Waals surface area contributed by atoms with Gasteiger partial charge in [0.05, 0.1) is 5.69 Å². The van der Waals surface area contributed by atoms with Crippen LogP contribution in [0.1, 0.15) is 56.3 Å². The number of hydrogen-bond acceptors (Lipinski definition) is 5. The zero-order chi connectivity index (χ0) is 18.6. The lowest BCUT2D eigenvalue weighted by Gasteiger charge is -2.16. The van der Waals surface area contributed by atoms with E-state index in [1.165, 1.54) is 0 Å². The smallest absolute Gasteiger partial charge is 0.407 e. The summed E-state index contributed by atoms with van der Waals surface area (Å²) in [7, 11) is 0. The number of pyridine rings is 1. The lowest BCUT2D eigenvalue weighted by Crippen LogP contribution is -2.34. The minimum Gasteiger partial charge on any atom is -0.446 e. The van der Waals surface area contributed by atoms with E-state index in [-0.39, 0.29) is 18.2 Å². The molecule has 3 N–H and O–H groups in total. The second-order valence-corrected chi connectivity index (χ2v) is 7.37. The fourth-order valence-corrected chi connectivity index (χ4v) is 3.71. The monoisotopic (exact) mass is 367 g/mol. The van der Waals surface area contributed by atoms with E-state index in [4.69, 9.17) is 4.74 Å². The summed E-state index contributed by atoms with van der Waals surface area (Å²) in [5, 5.41) is 13.8. The molecule has 27 heavy (non-hydrogen) atoms. The van der Waals surface area contributed by atoms with Crippen molar-refractivity contribution in [2.45, 2.75) is 57.1 Å². The Bertz CT molecular complexity index is 831. The molecule has 3 atom stereocenters. The van der Waals surface area contributed by atoms with Gasteiger partial charge in [0, 0.05) is 35.6 Å². The Balaban J connectivity index is 1.56. The summed E-state index contributed by atoms with van der Waals surface area (Å²) in [6.45, 7) is 2.00. The van der Waals surface area contributed by atoms with E-state index in [1.54, 1.807) is 6.20 Å². The minimum absolute atomic E-state index is 0.0385. The molecule has 0 radical (unpaired) electrons. The third kappa shape index (κ3) is 4.48. The van der Waals surface area contributed by atoms with Crippen LogP contribution in [0.4, 0.5) is 16.3 Å². The summed E-state index contributed by atoms with van der Waals surface area (Å²) in [4.78, 5) is 16.5. The fraction of sp³-hybridized carbons (Fsp3) is 0.450. The number of H-pyrrole nitrogens is 1. The molecule has 0 saturated heterocycles. The van der Waals surface area contributed by atoms with Crippen molar-refractivity contribution in [1.29, 1.82) is 0 Å². The molecule has 2 aromatic rings. The van der Waals surface area contributed by atoms with Crippen molar-refractivity contribution in [3.63, 3.8) is 0 Å². The number of ether oxygens (including phenoxy) is 1. The second-order valence-electron chi connectivity index (χ2n) is 7.37. The number of carbonyl (C=O) groups excluding carboxylic acids is 1. The number of hydrogen-bond donors (Lipinski definition) is 3. The first-order valence-electron chi connectivity index (χ1n) is 9.58. The summed E-state index contributed by atoms with van der Waals surface area (Å²) in [5.74, 6) is 1.11. The molecule has 3 heterocycles. The van der Waals surface area contributed by atoms with Crippen LogP contribution in [0.5, 0.6) is 0 Å². The van der Waals surface area contributed by atoms with E-state index in [9.17, 15) is 4.79 Å². The number of fused-ring (bicyclic) bond motifs is 7. The number of carbonyl (C=O) groups is 1. The highest BCUT2D eigenvalue weighted by Crippen LogP contribution is 2.36. The molecule has 1 amide bonds. The van der Waals surface area contributed by atoms with Crippen LogP contribution >= 0.6 is 0 Å². The quantitative estimate of drug-likeness (QED) is 0.652. The molecule has 7 nitrogen and oxygen atoms in total. The maximum Gasteiger partial charge on any atom is 0.407 e. The Kier molecular flexibility index (Phi) is 5.09. The Labute approximate surface area is 158 Å². The summed E-state index contributed by atoms with van der Waals surface area (Å²) >= 11 is 0. The molecule has 2 aliphatic rings. The molecule has 1 fully saturated rings. The number of aromatic amines is 1. The van der Waals surface area contributed by atoms with E-state index >= 15 is 0 Å². The largest absolute Gasteiger partial charge is 0.446 e.